The first-order chi connectivity index (χ1) is 30.1. The predicted octanol–water partition coefficient (Wildman–Crippen LogP) is 1.42. The Hall–Kier alpha value is -1.69. The van der Waals surface area contributed by atoms with Gasteiger partial charge in [0.2, 0.25) is 0 Å². The summed E-state index contributed by atoms with van der Waals surface area (Å²) in [6.45, 7) is 13.8. The molecular weight excluding hydrogens is 838 g/mol. The number of nitrogens with zero attached hydrogens (tertiary/aromatic N) is 1. The first-order valence-electron chi connectivity index (χ1n) is 23.0. The second-order valence-corrected chi connectivity index (χ2v) is 19.0. The highest BCUT2D eigenvalue weighted by Gasteiger charge is 2.52. The number of allylic oxidation sites excluding steroid dienone is 2. The molecule has 4 aliphatic rings. The number of hydrogen-bond acceptors (Lipinski definition) is 18. The number of carbonyl (C=O) groups is 1. The number of carbonyl (C=O) groups excluding carboxylic acids is 1. The van der Waals surface area contributed by atoms with E-state index in [1.54, 1.807) is 58.8 Å². The van der Waals surface area contributed by atoms with Crippen LogP contribution < -0.4 is 0 Å². The smallest absolute Gasteiger partial charge is 0.308 e. The van der Waals surface area contributed by atoms with Crippen LogP contribution in [0.1, 0.15) is 87.5 Å². The lowest BCUT2D eigenvalue weighted by Crippen LogP contribution is -2.65. The van der Waals surface area contributed by atoms with Gasteiger partial charge in [-0.1, -0.05) is 44.6 Å². The Bertz CT molecular complexity index is 1480. The highest BCUT2D eigenvalue weighted by molar-refractivity contribution is 5.70. The van der Waals surface area contributed by atoms with E-state index in [0.29, 0.717) is 12.8 Å². The van der Waals surface area contributed by atoms with Crippen LogP contribution in [0.4, 0.5) is 0 Å². The Labute approximate surface area is 379 Å². The van der Waals surface area contributed by atoms with Crippen molar-refractivity contribution in [1.29, 1.82) is 0 Å². The monoisotopic (exact) mass is 920 g/mol. The van der Waals surface area contributed by atoms with Gasteiger partial charge in [0, 0.05) is 39.1 Å². The summed E-state index contributed by atoms with van der Waals surface area (Å²) in [6, 6.07) is -0.714. The van der Waals surface area contributed by atoms with Gasteiger partial charge in [0.1, 0.15) is 42.7 Å². The molecule has 4 heterocycles. The van der Waals surface area contributed by atoms with Crippen molar-refractivity contribution in [3.8, 4) is 0 Å². The van der Waals surface area contributed by atoms with Crippen LogP contribution in [-0.2, 0) is 47.4 Å². The lowest BCUT2D eigenvalue weighted by atomic mass is 9.79. The quantitative estimate of drug-likeness (QED) is 0.129. The fourth-order valence-electron chi connectivity index (χ4n) is 9.71. The molecule has 4 aliphatic heterocycles. The molecule has 0 saturated carbocycles. The number of ether oxygens (including phenoxy) is 9. The van der Waals surface area contributed by atoms with Gasteiger partial charge in [0.05, 0.1) is 61.3 Å². The van der Waals surface area contributed by atoms with Crippen molar-refractivity contribution in [2.45, 2.75) is 197 Å². The zero-order valence-corrected chi connectivity index (χ0v) is 40.0. The standard InChI is InChI=1S/C46H81NO17/c1-13-33-30(22-58-45-42(57-12)41(56-11)37(52)26(5)60-45)18-23(2)14-15-31(49)24(3)19-29(16-17-48)39(25(4)32(50)20-34(51)62-33)64-44-38(53)36(47(9)10)40(27(6)61-44)63-35-21-46(8,55)43(54)28(7)59-35/h14-15,18,24-33,35-45,48-50,52-55H,13,16-17,19-22H2,1-12H3/b15-14+,23-18+/t24-,25+,26-,27+,28-,29-,30+,31+,32-,33+,35-,36-,37-,38-,39+,40-,41-,42-,43-,44+,45+,46-/m1/s1. The van der Waals surface area contributed by atoms with E-state index in [1.807, 2.05) is 26.8 Å². The van der Waals surface area contributed by atoms with Gasteiger partial charge >= 0.3 is 5.97 Å². The van der Waals surface area contributed by atoms with Crippen molar-refractivity contribution in [3.05, 3.63) is 23.8 Å². The van der Waals surface area contributed by atoms with Gasteiger partial charge in [-0.2, -0.15) is 0 Å². The van der Waals surface area contributed by atoms with Crippen LogP contribution in [0.25, 0.3) is 0 Å². The highest BCUT2D eigenvalue weighted by Crippen LogP contribution is 2.38. The van der Waals surface area contributed by atoms with Crippen LogP contribution in [0.2, 0.25) is 0 Å². The third kappa shape index (κ3) is 13.7. The maximum absolute atomic E-state index is 13.8. The van der Waals surface area contributed by atoms with E-state index in [0.717, 1.165) is 5.57 Å². The van der Waals surface area contributed by atoms with E-state index in [1.165, 1.54) is 21.1 Å². The van der Waals surface area contributed by atoms with Crippen molar-refractivity contribution in [3.63, 3.8) is 0 Å². The molecule has 0 amide bonds. The van der Waals surface area contributed by atoms with Gasteiger partial charge < -0.3 is 83.3 Å². The zero-order valence-electron chi connectivity index (χ0n) is 40.0. The topological polar surface area (TPSA) is 245 Å². The number of likely N-dealkylation sites (N-methyl/N-ethyl adjacent to an activating group) is 1. The van der Waals surface area contributed by atoms with Crippen LogP contribution in [0.3, 0.4) is 0 Å². The Morgan fingerprint density at radius 1 is 0.859 bits per heavy atom. The lowest BCUT2D eigenvalue weighted by molar-refractivity contribution is -0.342. The molecule has 0 spiro atoms. The van der Waals surface area contributed by atoms with Gasteiger partial charge in [0.15, 0.2) is 18.9 Å². The Morgan fingerprint density at radius 2 is 1.52 bits per heavy atom. The molecule has 64 heavy (non-hydrogen) atoms. The molecule has 3 saturated heterocycles. The molecular formula is C46H81NO17. The van der Waals surface area contributed by atoms with E-state index in [4.69, 9.17) is 42.6 Å². The number of aliphatic hydroxyl groups excluding tert-OH is 6. The molecule has 0 bridgehead atoms. The van der Waals surface area contributed by atoms with E-state index in [2.05, 4.69) is 0 Å². The lowest BCUT2D eigenvalue weighted by Gasteiger charge is -2.50. The summed E-state index contributed by atoms with van der Waals surface area (Å²) in [7, 11) is 6.50. The molecule has 18 nitrogen and oxygen atoms in total. The molecule has 3 fully saturated rings. The normalized spacial score (nSPS) is 47.2. The summed E-state index contributed by atoms with van der Waals surface area (Å²) in [4.78, 5) is 15.6. The molecule has 372 valence electrons. The fourth-order valence-corrected chi connectivity index (χ4v) is 9.71. The van der Waals surface area contributed by atoms with Crippen LogP contribution >= 0.6 is 0 Å². The van der Waals surface area contributed by atoms with Crippen molar-refractivity contribution >= 4 is 5.97 Å². The minimum absolute atomic E-state index is 0.0201. The molecule has 0 aliphatic carbocycles. The fraction of sp³-hybridized carbons (Fsp3) is 0.891. The van der Waals surface area contributed by atoms with E-state index >= 15 is 0 Å². The first-order valence-corrected chi connectivity index (χ1v) is 23.0. The molecule has 4 rings (SSSR count). The van der Waals surface area contributed by atoms with Crippen molar-refractivity contribution in [2.24, 2.45) is 23.7 Å². The van der Waals surface area contributed by atoms with E-state index in [-0.39, 0.29) is 32.0 Å². The summed E-state index contributed by atoms with van der Waals surface area (Å²) in [5.74, 6) is -2.80. The number of aliphatic hydroxyl groups is 7. The molecule has 18 heteroatoms. The number of hydrogen-bond donors (Lipinski definition) is 7. The Balaban J connectivity index is 1.61. The predicted molar refractivity (Wildman–Crippen MR) is 232 cm³/mol. The van der Waals surface area contributed by atoms with Crippen LogP contribution in [-0.4, -0.2) is 198 Å². The number of methoxy groups -OCH3 is 2. The minimum Gasteiger partial charge on any atom is -0.462 e. The SMILES string of the molecule is CC[C@@H]1OC(=O)C[C@@H](O)[C@H](C)[C@H](O[C@@H]2O[C@@H](C)[C@@H](O[C@@H]3C[C@@](C)(O)[C@H](O)[C@@H](C)O3)[C@H](N(C)C)[C@H]2O)[C@H](CCO)C[C@@H](C)[C@@H](O)/C=C/C(C)=C/[C@H]1CO[C@H]1O[C@H](C)[C@@H](O)[C@@H](OC)[C@H]1OC. The molecule has 0 aromatic heterocycles. The summed E-state index contributed by atoms with van der Waals surface area (Å²) < 4.78 is 54.9. The maximum atomic E-state index is 13.8. The minimum atomic E-state index is -1.48. The second kappa shape index (κ2) is 24.5. The maximum Gasteiger partial charge on any atom is 0.308 e. The van der Waals surface area contributed by atoms with Crippen LogP contribution in [0.15, 0.2) is 23.8 Å². The van der Waals surface area contributed by atoms with Crippen molar-refractivity contribution < 1.29 is 83.2 Å². The van der Waals surface area contributed by atoms with Gasteiger partial charge in [0.25, 0.3) is 0 Å². The number of esters is 1. The van der Waals surface area contributed by atoms with Crippen LogP contribution in [0, 0.1) is 23.7 Å². The highest BCUT2D eigenvalue weighted by atomic mass is 16.7. The Morgan fingerprint density at radius 3 is 2.11 bits per heavy atom. The van der Waals surface area contributed by atoms with Gasteiger partial charge in [-0.25, -0.2) is 0 Å². The molecule has 7 N–H and O–H groups in total. The molecule has 0 unspecified atom stereocenters. The summed E-state index contributed by atoms with van der Waals surface area (Å²) >= 11 is 0. The molecule has 0 aromatic carbocycles. The largest absolute Gasteiger partial charge is 0.462 e. The average Bonchev–Trinajstić information content (AvgIpc) is 3.23. The third-order valence-corrected chi connectivity index (χ3v) is 13.7. The summed E-state index contributed by atoms with van der Waals surface area (Å²) in [5.41, 5.74) is -0.715. The summed E-state index contributed by atoms with van der Waals surface area (Å²) in [5, 5.41) is 77.7. The van der Waals surface area contributed by atoms with E-state index < -0.39 is 140 Å². The van der Waals surface area contributed by atoms with Gasteiger partial charge in [-0.05, 0) is 79.8 Å². The summed E-state index contributed by atoms with van der Waals surface area (Å²) in [6.07, 6.45) is -8.71. The van der Waals surface area contributed by atoms with Crippen molar-refractivity contribution in [1.82, 2.24) is 4.90 Å². The van der Waals surface area contributed by atoms with Gasteiger partial charge in [-0.15, -0.1) is 0 Å². The zero-order chi connectivity index (χ0) is 47.8. The van der Waals surface area contributed by atoms with E-state index in [9.17, 15) is 40.5 Å². The van der Waals surface area contributed by atoms with Crippen molar-refractivity contribution in [2.75, 3.05) is 41.5 Å². The molecule has 0 aromatic rings. The van der Waals surface area contributed by atoms with Crippen LogP contribution in [0.5, 0.6) is 0 Å². The second-order valence-electron chi connectivity index (χ2n) is 19.0. The Kier molecular flexibility index (Phi) is 21.1. The average molecular weight is 920 g/mol. The first kappa shape index (κ1) is 54.9. The molecule has 22 atom stereocenters. The molecule has 0 radical (unpaired) electrons. The third-order valence-electron chi connectivity index (χ3n) is 13.7. The van der Waals surface area contributed by atoms with Gasteiger partial charge in [-0.3, -0.25) is 4.79 Å². The number of cyclic esters (lactones) is 1. The number of rotatable bonds is 13.